The molecule has 3 rings (SSSR count). The van der Waals surface area contributed by atoms with E-state index in [0.717, 1.165) is 31.7 Å². The van der Waals surface area contributed by atoms with Crippen molar-refractivity contribution in [3.05, 3.63) is 57.2 Å². The van der Waals surface area contributed by atoms with Gasteiger partial charge in [0.1, 0.15) is 6.10 Å². The lowest BCUT2D eigenvalue weighted by Gasteiger charge is -2.25. The third-order valence-corrected chi connectivity index (χ3v) is 6.01. The van der Waals surface area contributed by atoms with Crippen LogP contribution in [0.3, 0.4) is 0 Å². The highest BCUT2D eigenvalue weighted by atomic mass is 35.5. The summed E-state index contributed by atoms with van der Waals surface area (Å²) in [7, 11) is 0. The average Bonchev–Trinajstić information content (AvgIpc) is 2.64. The van der Waals surface area contributed by atoms with Crippen molar-refractivity contribution in [2.75, 3.05) is 13.2 Å². The van der Waals surface area contributed by atoms with E-state index >= 15 is 0 Å². The quantitative estimate of drug-likeness (QED) is 0.608. The van der Waals surface area contributed by atoms with Gasteiger partial charge >= 0.3 is 0 Å². The molecule has 0 saturated carbocycles. The lowest BCUT2D eigenvalue weighted by molar-refractivity contribution is 0.0237. The predicted octanol–water partition coefficient (Wildman–Crippen LogP) is 6.16. The fourth-order valence-electron chi connectivity index (χ4n) is 3.41. The molecule has 2 unspecified atom stereocenters. The van der Waals surface area contributed by atoms with Crippen LogP contribution in [0.5, 0.6) is 5.88 Å². The number of hydrogen-bond acceptors (Lipinski definition) is 3. The molecule has 0 amide bonds. The van der Waals surface area contributed by atoms with E-state index < -0.39 is 0 Å². The Kier molecular flexibility index (Phi) is 6.44. The van der Waals surface area contributed by atoms with Crippen LogP contribution in [0.2, 0.25) is 10.0 Å². The van der Waals surface area contributed by atoms with Gasteiger partial charge in [-0.3, -0.25) is 0 Å². The summed E-state index contributed by atoms with van der Waals surface area (Å²) in [6.07, 6.45) is 2.05. The van der Waals surface area contributed by atoms with Crippen molar-refractivity contribution in [1.29, 1.82) is 0 Å². The second-order valence-electron chi connectivity index (χ2n) is 7.00. The molecule has 2 atom stereocenters. The van der Waals surface area contributed by atoms with E-state index in [1.54, 1.807) is 0 Å². The van der Waals surface area contributed by atoms with Gasteiger partial charge in [0.05, 0.1) is 23.3 Å². The van der Waals surface area contributed by atoms with E-state index in [9.17, 15) is 0 Å². The van der Waals surface area contributed by atoms with Gasteiger partial charge < -0.3 is 9.47 Å². The van der Waals surface area contributed by atoms with Crippen LogP contribution in [-0.4, -0.2) is 24.3 Å². The van der Waals surface area contributed by atoms with Crippen LogP contribution in [0.1, 0.15) is 55.3 Å². The SMILES string of the molecule is Cc1nc(OC2CCOCC2)ccc1C(C)C(C)c1ccc(Cl)c(Cl)c1. The van der Waals surface area contributed by atoms with Gasteiger partial charge in [-0.05, 0) is 42.0 Å². The van der Waals surface area contributed by atoms with Gasteiger partial charge in [0.15, 0.2) is 0 Å². The second-order valence-corrected chi connectivity index (χ2v) is 7.82. The van der Waals surface area contributed by atoms with Crippen LogP contribution in [0, 0.1) is 6.92 Å². The van der Waals surface area contributed by atoms with Gasteiger partial charge in [-0.1, -0.05) is 49.2 Å². The first-order valence-electron chi connectivity index (χ1n) is 9.12. The molecule has 2 aromatic rings. The highest BCUT2D eigenvalue weighted by molar-refractivity contribution is 6.42. The molecular formula is C21H25Cl2NO2. The molecule has 3 nitrogen and oxygen atoms in total. The zero-order valence-corrected chi connectivity index (χ0v) is 17.0. The van der Waals surface area contributed by atoms with Crippen molar-refractivity contribution in [2.45, 2.75) is 51.6 Å². The summed E-state index contributed by atoms with van der Waals surface area (Å²) < 4.78 is 11.4. The Labute approximate surface area is 165 Å². The highest BCUT2D eigenvalue weighted by Crippen LogP contribution is 2.36. The lowest BCUT2D eigenvalue weighted by atomic mass is 9.83. The third-order valence-electron chi connectivity index (χ3n) is 5.27. The maximum atomic E-state index is 6.18. The molecule has 0 aliphatic carbocycles. The standard InChI is InChI=1S/C21H25Cl2NO2/c1-13(16-4-6-19(22)20(23)12-16)14(2)18-5-7-21(24-15(18)3)26-17-8-10-25-11-9-17/h4-7,12-14,17H,8-11H2,1-3H3. The number of nitrogens with zero attached hydrogens (tertiary/aromatic N) is 1. The van der Waals surface area contributed by atoms with Gasteiger partial charge in [0, 0.05) is 24.6 Å². The fourth-order valence-corrected chi connectivity index (χ4v) is 3.72. The molecule has 1 fully saturated rings. The Morgan fingerprint density at radius 3 is 2.42 bits per heavy atom. The van der Waals surface area contributed by atoms with Crippen molar-refractivity contribution < 1.29 is 9.47 Å². The number of aryl methyl sites for hydroxylation is 1. The number of rotatable bonds is 5. The number of pyridine rings is 1. The molecule has 2 heterocycles. The minimum Gasteiger partial charge on any atom is -0.474 e. The van der Waals surface area contributed by atoms with Gasteiger partial charge in [-0.15, -0.1) is 0 Å². The molecule has 1 aliphatic heterocycles. The number of halogens is 2. The normalized spacial score (nSPS) is 17.7. The predicted molar refractivity (Wildman–Crippen MR) is 107 cm³/mol. The zero-order chi connectivity index (χ0) is 18.7. The molecule has 1 aliphatic rings. The first-order chi connectivity index (χ1) is 12.5. The third kappa shape index (κ3) is 4.51. The minimum absolute atomic E-state index is 0.203. The van der Waals surface area contributed by atoms with Gasteiger partial charge in [-0.25, -0.2) is 4.98 Å². The summed E-state index contributed by atoms with van der Waals surface area (Å²) in [5.74, 6) is 1.30. The molecule has 5 heteroatoms. The number of ether oxygens (including phenoxy) is 2. The van der Waals surface area contributed by atoms with E-state index in [2.05, 4.69) is 24.9 Å². The van der Waals surface area contributed by atoms with Crippen LogP contribution < -0.4 is 4.74 Å². The second kappa shape index (κ2) is 8.60. The van der Waals surface area contributed by atoms with Crippen LogP contribution in [0.4, 0.5) is 0 Å². The Bertz CT molecular complexity index is 760. The highest BCUT2D eigenvalue weighted by Gasteiger charge is 2.21. The molecular weight excluding hydrogens is 369 g/mol. The van der Waals surface area contributed by atoms with Crippen LogP contribution in [0.25, 0.3) is 0 Å². The first kappa shape index (κ1) is 19.5. The fraction of sp³-hybridized carbons (Fsp3) is 0.476. The van der Waals surface area contributed by atoms with Crippen molar-refractivity contribution >= 4 is 23.2 Å². The summed E-state index contributed by atoms with van der Waals surface area (Å²) in [4.78, 5) is 4.69. The van der Waals surface area contributed by atoms with E-state index in [-0.39, 0.29) is 6.10 Å². The summed E-state index contributed by atoms with van der Waals surface area (Å²) >= 11 is 12.2. The van der Waals surface area contributed by atoms with E-state index in [1.165, 1.54) is 11.1 Å². The smallest absolute Gasteiger partial charge is 0.213 e. The van der Waals surface area contributed by atoms with E-state index in [1.807, 2.05) is 31.2 Å². The van der Waals surface area contributed by atoms with Crippen molar-refractivity contribution in [3.63, 3.8) is 0 Å². The zero-order valence-electron chi connectivity index (χ0n) is 15.5. The van der Waals surface area contributed by atoms with Gasteiger partial charge in [0.25, 0.3) is 0 Å². The van der Waals surface area contributed by atoms with E-state index in [4.69, 9.17) is 32.7 Å². The molecule has 0 radical (unpaired) electrons. The molecule has 1 saturated heterocycles. The molecule has 140 valence electrons. The van der Waals surface area contributed by atoms with Crippen LogP contribution in [0.15, 0.2) is 30.3 Å². The lowest BCUT2D eigenvalue weighted by Crippen LogP contribution is -2.26. The van der Waals surface area contributed by atoms with Crippen molar-refractivity contribution in [2.24, 2.45) is 0 Å². The maximum Gasteiger partial charge on any atom is 0.213 e. The Balaban J connectivity index is 1.74. The monoisotopic (exact) mass is 393 g/mol. The molecule has 0 spiro atoms. The summed E-state index contributed by atoms with van der Waals surface area (Å²) in [5.41, 5.74) is 3.41. The number of benzene rings is 1. The summed E-state index contributed by atoms with van der Waals surface area (Å²) in [6.45, 7) is 8.00. The van der Waals surface area contributed by atoms with E-state index in [0.29, 0.717) is 27.8 Å². The minimum atomic E-state index is 0.203. The molecule has 0 N–H and O–H groups in total. The van der Waals surface area contributed by atoms with Crippen LogP contribution >= 0.6 is 23.2 Å². The number of hydrogen-bond donors (Lipinski definition) is 0. The molecule has 26 heavy (non-hydrogen) atoms. The van der Waals surface area contributed by atoms with Crippen molar-refractivity contribution in [3.8, 4) is 5.88 Å². The Morgan fingerprint density at radius 2 is 1.77 bits per heavy atom. The molecule has 1 aromatic carbocycles. The Hall–Kier alpha value is -1.29. The summed E-state index contributed by atoms with van der Waals surface area (Å²) in [6, 6.07) is 9.97. The first-order valence-corrected chi connectivity index (χ1v) is 9.88. The Morgan fingerprint density at radius 1 is 1.04 bits per heavy atom. The molecule has 1 aromatic heterocycles. The average molecular weight is 394 g/mol. The maximum absolute atomic E-state index is 6.18. The van der Waals surface area contributed by atoms with Gasteiger partial charge in [-0.2, -0.15) is 0 Å². The summed E-state index contributed by atoms with van der Waals surface area (Å²) in [5, 5.41) is 1.18. The van der Waals surface area contributed by atoms with Gasteiger partial charge in [0.2, 0.25) is 5.88 Å². The molecule has 0 bridgehead atoms. The largest absolute Gasteiger partial charge is 0.474 e. The number of aromatic nitrogens is 1. The van der Waals surface area contributed by atoms with Crippen molar-refractivity contribution in [1.82, 2.24) is 4.98 Å². The topological polar surface area (TPSA) is 31.4 Å². The van der Waals surface area contributed by atoms with Crippen LogP contribution in [-0.2, 0) is 4.74 Å².